The van der Waals surface area contributed by atoms with Gasteiger partial charge in [-0.1, -0.05) is 20.8 Å². The standard InChI is InChI=1S/C8H19N2O4PS/c1-5-8(2,3)6-10(7(16)9-4)14-15(11,12)13/h5-6H2,1-4H3,(H,9,16)(H2,11,12,13). The van der Waals surface area contributed by atoms with Crippen molar-refractivity contribution in [1.29, 1.82) is 0 Å². The van der Waals surface area contributed by atoms with Crippen LogP contribution in [0.25, 0.3) is 0 Å². The molecular formula is C8H19N2O4PS. The van der Waals surface area contributed by atoms with E-state index in [1.165, 1.54) is 0 Å². The van der Waals surface area contributed by atoms with Crippen molar-refractivity contribution in [2.45, 2.75) is 27.2 Å². The van der Waals surface area contributed by atoms with Gasteiger partial charge in [-0.05, 0) is 24.1 Å². The van der Waals surface area contributed by atoms with Gasteiger partial charge in [0.25, 0.3) is 0 Å². The van der Waals surface area contributed by atoms with Gasteiger partial charge in [0, 0.05) is 7.05 Å². The molecule has 0 aromatic rings. The van der Waals surface area contributed by atoms with Crippen LogP contribution in [-0.2, 0) is 9.19 Å². The Hall–Kier alpha value is -0.200. The van der Waals surface area contributed by atoms with Crippen LogP contribution >= 0.6 is 20.0 Å². The molecule has 0 atom stereocenters. The van der Waals surface area contributed by atoms with Crippen molar-refractivity contribution in [1.82, 2.24) is 10.4 Å². The van der Waals surface area contributed by atoms with Gasteiger partial charge in [0.05, 0.1) is 6.54 Å². The molecule has 0 heterocycles. The van der Waals surface area contributed by atoms with Crippen molar-refractivity contribution in [2.75, 3.05) is 13.6 Å². The summed E-state index contributed by atoms with van der Waals surface area (Å²) in [5.74, 6) is 0. The van der Waals surface area contributed by atoms with E-state index in [0.29, 0.717) is 6.54 Å². The van der Waals surface area contributed by atoms with Gasteiger partial charge in [0.15, 0.2) is 5.11 Å². The third-order valence-electron chi connectivity index (χ3n) is 2.17. The predicted molar refractivity (Wildman–Crippen MR) is 65.6 cm³/mol. The Kier molecular flexibility index (Phi) is 5.86. The zero-order valence-corrected chi connectivity index (χ0v) is 11.6. The highest BCUT2D eigenvalue weighted by atomic mass is 32.1. The van der Waals surface area contributed by atoms with Crippen molar-refractivity contribution in [3.05, 3.63) is 0 Å². The van der Waals surface area contributed by atoms with Gasteiger partial charge in [0.1, 0.15) is 0 Å². The van der Waals surface area contributed by atoms with Crippen LogP contribution in [0.1, 0.15) is 27.2 Å². The molecule has 8 heteroatoms. The third-order valence-corrected chi connectivity index (χ3v) is 2.99. The summed E-state index contributed by atoms with van der Waals surface area (Å²) in [7, 11) is -3.02. The molecule has 0 saturated heterocycles. The first-order valence-electron chi connectivity index (χ1n) is 4.86. The molecule has 0 spiro atoms. The fourth-order valence-corrected chi connectivity index (χ4v) is 1.44. The molecule has 0 bridgehead atoms. The highest BCUT2D eigenvalue weighted by molar-refractivity contribution is 7.80. The zero-order chi connectivity index (χ0) is 13.0. The number of nitrogens with zero attached hydrogens (tertiary/aromatic N) is 1. The molecule has 0 amide bonds. The van der Waals surface area contributed by atoms with Gasteiger partial charge < -0.3 is 15.1 Å². The second-order valence-electron chi connectivity index (χ2n) is 4.18. The van der Waals surface area contributed by atoms with Gasteiger partial charge in [-0.2, -0.15) is 4.62 Å². The Morgan fingerprint density at radius 2 is 2.06 bits per heavy atom. The molecule has 0 radical (unpaired) electrons. The molecule has 0 unspecified atom stereocenters. The van der Waals surface area contributed by atoms with Crippen LogP contribution in [0.15, 0.2) is 0 Å². The molecular weight excluding hydrogens is 251 g/mol. The summed E-state index contributed by atoms with van der Waals surface area (Å²) >= 11 is 4.91. The van der Waals surface area contributed by atoms with E-state index in [9.17, 15) is 4.57 Å². The van der Waals surface area contributed by atoms with Gasteiger partial charge in [0.2, 0.25) is 0 Å². The summed E-state index contributed by atoms with van der Waals surface area (Å²) in [5, 5.41) is 3.79. The van der Waals surface area contributed by atoms with E-state index in [1.54, 1.807) is 7.05 Å². The van der Waals surface area contributed by atoms with E-state index in [-0.39, 0.29) is 10.5 Å². The fourth-order valence-electron chi connectivity index (χ4n) is 0.891. The van der Waals surface area contributed by atoms with E-state index in [1.807, 2.05) is 20.8 Å². The highest BCUT2D eigenvalue weighted by Crippen LogP contribution is 2.38. The molecule has 6 nitrogen and oxygen atoms in total. The Morgan fingerprint density at radius 1 is 1.56 bits per heavy atom. The summed E-state index contributed by atoms with van der Waals surface area (Å²) in [5.41, 5.74) is -0.157. The molecule has 96 valence electrons. The van der Waals surface area contributed by atoms with Crippen LogP contribution in [0, 0.1) is 5.41 Å². The van der Waals surface area contributed by atoms with Crippen LogP contribution in [-0.4, -0.2) is 33.6 Å². The second kappa shape index (κ2) is 5.93. The number of phosphoric acid groups is 1. The minimum Gasteiger partial charge on any atom is -0.364 e. The quantitative estimate of drug-likeness (QED) is 0.394. The molecule has 3 N–H and O–H groups in total. The van der Waals surface area contributed by atoms with E-state index >= 15 is 0 Å². The number of rotatable bonds is 5. The smallest absolute Gasteiger partial charge is 0.364 e. The van der Waals surface area contributed by atoms with Crippen molar-refractivity contribution in [2.24, 2.45) is 5.41 Å². The topological polar surface area (TPSA) is 82.0 Å². The Bertz CT molecular complexity index is 292. The largest absolute Gasteiger partial charge is 0.491 e. The van der Waals surface area contributed by atoms with Crippen molar-refractivity contribution in [3.8, 4) is 0 Å². The molecule has 0 aliphatic rings. The lowest BCUT2D eigenvalue weighted by Gasteiger charge is -2.31. The lowest BCUT2D eigenvalue weighted by atomic mass is 9.90. The van der Waals surface area contributed by atoms with Crippen molar-refractivity contribution in [3.63, 3.8) is 0 Å². The summed E-state index contributed by atoms with van der Waals surface area (Å²) in [6.45, 7) is 6.20. The maximum absolute atomic E-state index is 10.8. The summed E-state index contributed by atoms with van der Waals surface area (Å²) in [6.07, 6.45) is 0.834. The Balaban J connectivity index is 4.70. The summed E-state index contributed by atoms with van der Waals surface area (Å²) in [6, 6.07) is 0. The van der Waals surface area contributed by atoms with Crippen LogP contribution in [0.5, 0.6) is 0 Å². The molecule has 0 fully saturated rings. The van der Waals surface area contributed by atoms with Crippen LogP contribution < -0.4 is 5.32 Å². The maximum Gasteiger partial charge on any atom is 0.491 e. The SMILES string of the molecule is CCC(C)(C)CN(OP(=O)(O)O)C(=S)NC. The summed E-state index contributed by atoms with van der Waals surface area (Å²) < 4.78 is 15.3. The summed E-state index contributed by atoms with van der Waals surface area (Å²) in [4.78, 5) is 17.5. The fraction of sp³-hybridized carbons (Fsp3) is 0.875. The number of hydrogen-bond donors (Lipinski definition) is 3. The van der Waals surface area contributed by atoms with Gasteiger partial charge in [-0.3, -0.25) is 0 Å². The molecule has 0 rings (SSSR count). The second-order valence-corrected chi connectivity index (χ2v) is 5.71. The average Bonchev–Trinajstić information content (AvgIpc) is 2.13. The number of hydrogen-bond acceptors (Lipinski definition) is 3. The van der Waals surface area contributed by atoms with Crippen molar-refractivity contribution < 1.29 is 19.0 Å². The first kappa shape index (κ1) is 15.8. The monoisotopic (exact) mass is 270 g/mol. The minimum absolute atomic E-state index is 0.143. The van der Waals surface area contributed by atoms with E-state index in [0.717, 1.165) is 11.5 Å². The number of thiocarbonyl (C=S) groups is 1. The van der Waals surface area contributed by atoms with E-state index in [4.69, 9.17) is 22.0 Å². The number of nitrogens with one attached hydrogen (secondary N) is 1. The van der Waals surface area contributed by atoms with Crippen molar-refractivity contribution >= 4 is 25.2 Å². The maximum atomic E-state index is 10.8. The lowest BCUT2D eigenvalue weighted by Crippen LogP contribution is -2.42. The molecule has 0 aliphatic heterocycles. The first-order valence-corrected chi connectivity index (χ1v) is 6.79. The van der Waals surface area contributed by atoms with Gasteiger partial charge in [-0.15, -0.1) is 0 Å². The van der Waals surface area contributed by atoms with Crippen LogP contribution in [0.4, 0.5) is 0 Å². The number of hydroxylamine groups is 2. The molecule has 0 aliphatic carbocycles. The van der Waals surface area contributed by atoms with E-state index in [2.05, 4.69) is 9.94 Å². The Morgan fingerprint density at radius 3 is 2.38 bits per heavy atom. The van der Waals surface area contributed by atoms with Crippen LogP contribution in [0.3, 0.4) is 0 Å². The highest BCUT2D eigenvalue weighted by Gasteiger charge is 2.28. The van der Waals surface area contributed by atoms with Gasteiger partial charge in [-0.25, -0.2) is 9.63 Å². The minimum atomic E-state index is -4.59. The average molecular weight is 270 g/mol. The molecule has 0 aromatic carbocycles. The van der Waals surface area contributed by atoms with E-state index < -0.39 is 7.82 Å². The normalized spacial score (nSPS) is 12.4. The lowest BCUT2D eigenvalue weighted by molar-refractivity contribution is -0.0383. The third kappa shape index (κ3) is 6.40. The van der Waals surface area contributed by atoms with Gasteiger partial charge >= 0.3 is 7.82 Å². The molecule has 16 heavy (non-hydrogen) atoms. The van der Waals surface area contributed by atoms with Crippen LogP contribution in [0.2, 0.25) is 0 Å². The first-order chi connectivity index (χ1) is 7.11. The predicted octanol–water partition coefficient (Wildman–Crippen LogP) is 1.25. The zero-order valence-electron chi connectivity index (χ0n) is 9.93. The molecule has 0 saturated carbocycles. The Labute approximate surface area is 101 Å². The molecule has 0 aromatic heterocycles.